The van der Waals surface area contributed by atoms with Crippen LogP contribution >= 0.6 is 0 Å². The van der Waals surface area contributed by atoms with Crippen LogP contribution in [0.25, 0.3) is 0 Å². The van der Waals surface area contributed by atoms with Gasteiger partial charge in [-0.1, -0.05) is 6.55 Å². The minimum atomic E-state index is -0.509. The molecule has 2 atom stereocenters. The number of likely N-dealkylation sites (tertiary alicyclic amines) is 1. The van der Waals surface area contributed by atoms with E-state index in [4.69, 9.17) is 0 Å². The molecule has 0 aromatic carbocycles. The molecule has 0 spiro atoms. The van der Waals surface area contributed by atoms with E-state index in [1.807, 2.05) is 0 Å². The van der Waals surface area contributed by atoms with Crippen molar-refractivity contribution >= 4 is 15.4 Å². The van der Waals surface area contributed by atoms with Crippen LogP contribution in [-0.4, -0.2) is 38.7 Å². The van der Waals surface area contributed by atoms with Gasteiger partial charge in [-0.25, -0.2) is 0 Å². The summed E-state index contributed by atoms with van der Waals surface area (Å²) in [6.45, 7) is 2.11. The van der Waals surface area contributed by atoms with Crippen molar-refractivity contribution < 1.29 is 9.90 Å². The van der Waals surface area contributed by atoms with E-state index >= 15 is 0 Å². The molecule has 0 radical (unpaired) electrons. The third-order valence-electron chi connectivity index (χ3n) is 2.13. The molecule has 2 unspecified atom stereocenters. The number of hydrogen-bond acceptors (Lipinski definition) is 2. The van der Waals surface area contributed by atoms with Gasteiger partial charge < -0.3 is 10.0 Å². The van der Waals surface area contributed by atoms with E-state index in [2.05, 4.69) is 6.55 Å². The zero-order valence-electron chi connectivity index (χ0n) is 6.37. The van der Waals surface area contributed by atoms with Crippen molar-refractivity contribution in [3.8, 4) is 0 Å². The first kappa shape index (κ1) is 7.75. The highest BCUT2D eigenvalue weighted by Gasteiger charge is 2.34. The first-order chi connectivity index (χ1) is 4.66. The summed E-state index contributed by atoms with van der Waals surface area (Å²) in [5.41, 5.74) is 0.194. The fraction of sp³-hybridized carbons (Fsp3) is 0.833. The van der Waals surface area contributed by atoms with Gasteiger partial charge in [0.25, 0.3) is 0 Å². The maximum Gasteiger partial charge on any atom is 0.224 e. The average Bonchev–Trinajstić information content (AvgIpc) is 2.17. The monoisotopic (exact) mass is 159 g/mol. The SMILES string of the molecule is C[SiH2]C1CC(O)N(C)C1=O. The van der Waals surface area contributed by atoms with Crippen LogP contribution < -0.4 is 0 Å². The molecule has 0 aromatic heterocycles. The Morgan fingerprint density at radius 2 is 2.40 bits per heavy atom. The Morgan fingerprint density at radius 3 is 2.60 bits per heavy atom. The molecule has 1 amide bonds. The lowest BCUT2D eigenvalue weighted by Crippen LogP contribution is -2.28. The molecule has 0 saturated carbocycles. The Hall–Kier alpha value is -0.353. The van der Waals surface area contributed by atoms with Gasteiger partial charge in [-0.3, -0.25) is 4.79 Å². The maximum atomic E-state index is 11.1. The number of amides is 1. The van der Waals surface area contributed by atoms with E-state index < -0.39 is 6.23 Å². The first-order valence-electron chi connectivity index (χ1n) is 3.61. The molecule has 58 valence electrons. The Kier molecular flexibility index (Phi) is 2.10. The summed E-state index contributed by atoms with van der Waals surface area (Å²) in [5.74, 6) is 0.140. The van der Waals surface area contributed by atoms with Gasteiger partial charge in [-0.15, -0.1) is 0 Å². The molecule has 4 heteroatoms. The van der Waals surface area contributed by atoms with Crippen molar-refractivity contribution in [1.29, 1.82) is 0 Å². The van der Waals surface area contributed by atoms with Crippen LogP contribution in [-0.2, 0) is 4.79 Å². The number of carbonyl (C=O) groups is 1. The van der Waals surface area contributed by atoms with Crippen LogP contribution in [0.2, 0.25) is 12.1 Å². The van der Waals surface area contributed by atoms with Crippen LogP contribution in [0.1, 0.15) is 6.42 Å². The smallest absolute Gasteiger partial charge is 0.224 e. The number of carbonyl (C=O) groups excluding carboxylic acids is 1. The molecule has 1 N–H and O–H groups in total. The van der Waals surface area contributed by atoms with Gasteiger partial charge in [0, 0.05) is 28.5 Å². The molecule has 1 aliphatic rings. The van der Waals surface area contributed by atoms with Crippen molar-refractivity contribution in [2.75, 3.05) is 7.05 Å². The minimum absolute atomic E-state index is 0.140. The Morgan fingerprint density at radius 1 is 1.80 bits per heavy atom. The Bertz CT molecular complexity index is 151. The Labute approximate surface area is 62.8 Å². The van der Waals surface area contributed by atoms with E-state index in [1.54, 1.807) is 7.05 Å². The van der Waals surface area contributed by atoms with Crippen molar-refractivity contribution in [2.24, 2.45) is 0 Å². The third-order valence-corrected chi connectivity index (χ3v) is 3.80. The molecule has 0 aromatic rings. The van der Waals surface area contributed by atoms with E-state index in [-0.39, 0.29) is 21.0 Å². The normalized spacial score (nSPS) is 34.7. The average molecular weight is 159 g/mol. The fourth-order valence-corrected chi connectivity index (χ4v) is 2.56. The van der Waals surface area contributed by atoms with Gasteiger partial charge in [0.05, 0.1) is 0 Å². The van der Waals surface area contributed by atoms with Gasteiger partial charge in [-0.2, -0.15) is 0 Å². The number of hydrogen-bond donors (Lipinski definition) is 1. The number of rotatable bonds is 1. The second kappa shape index (κ2) is 2.71. The summed E-state index contributed by atoms with van der Waals surface area (Å²) in [4.78, 5) is 12.6. The van der Waals surface area contributed by atoms with Crippen LogP contribution in [0.5, 0.6) is 0 Å². The standard InChI is InChI=1S/C6H13NO2Si/c1-7-5(8)3-4(10-2)6(7)9/h4-5,8H,3,10H2,1-2H3. The van der Waals surface area contributed by atoms with Gasteiger partial charge in [0.15, 0.2) is 0 Å². The second-order valence-electron chi connectivity index (χ2n) is 2.77. The number of nitrogens with zero attached hydrogens (tertiary/aromatic N) is 1. The van der Waals surface area contributed by atoms with E-state index in [1.165, 1.54) is 4.90 Å². The van der Waals surface area contributed by atoms with Crippen molar-refractivity contribution in [1.82, 2.24) is 4.90 Å². The fourth-order valence-electron chi connectivity index (χ4n) is 1.29. The van der Waals surface area contributed by atoms with Crippen LogP contribution in [0.15, 0.2) is 0 Å². The number of aliphatic hydroxyl groups excluding tert-OH is 1. The molecule has 0 aliphatic carbocycles. The van der Waals surface area contributed by atoms with Crippen LogP contribution in [0.3, 0.4) is 0 Å². The largest absolute Gasteiger partial charge is 0.374 e. The van der Waals surface area contributed by atoms with Gasteiger partial charge in [0.1, 0.15) is 6.23 Å². The van der Waals surface area contributed by atoms with Gasteiger partial charge in [0.2, 0.25) is 5.91 Å². The molecule has 3 nitrogen and oxygen atoms in total. The van der Waals surface area contributed by atoms with Gasteiger partial charge in [-0.05, 0) is 0 Å². The first-order valence-corrected chi connectivity index (χ1v) is 5.84. The zero-order chi connectivity index (χ0) is 7.72. The second-order valence-corrected chi connectivity index (χ2v) is 4.57. The molecule has 1 fully saturated rings. The van der Waals surface area contributed by atoms with E-state index in [0.717, 1.165) is 0 Å². The molecular weight excluding hydrogens is 146 g/mol. The van der Waals surface area contributed by atoms with Crippen molar-refractivity contribution in [3.05, 3.63) is 0 Å². The van der Waals surface area contributed by atoms with Crippen LogP contribution in [0, 0.1) is 0 Å². The summed E-state index contributed by atoms with van der Waals surface area (Å²) in [7, 11) is 1.39. The lowest BCUT2D eigenvalue weighted by atomic mass is 10.3. The molecule has 1 rings (SSSR count). The van der Waals surface area contributed by atoms with E-state index in [9.17, 15) is 9.90 Å². The predicted octanol–water partition coefficient (Wildman–Crippen LogP) is -0.828. The Balaban J connectivity index is 2.62. The van der Waals surface area contributed by atoms with Crippen LogP contribution in [0.4, 0.5) is 0 Å². The summed E-state index contributed by atoms with van der Waals surface area (Å²) in [5, 5.41) is 9.20. The molecule has 1 heterocycles. The summed E-state index contributed by atoms with van der Waals surface area (Å²) in [6, 6.07) is 0. The lowest BCUT2D eigenvalue weighted by Gasteiger charge is -2.12. The maximum absolute atomic E-state index is 11.1. The van der Waals surface area contributed by atoms with Crippen molar-refractivity contribution in [3.63, 3.8) is 0 Å². The molecular formula is C6H13NO2Si. The highest BCUT2D eigenvalue weighted by Crippen LogP contribution is 2.25. The van der Waals surface area contributed by atoms with Crippen molar-refractivity contribution in [2.45, 2.75) is 24.7 Å². The molecule has 0 bridgehead atoms. The highest BCUT2D eigenvalue weighted by molar-refractivity contribution is 6.42. The summed E-state index contributed by atoms with van der Waals surface area (Å²) < 4.78 is 0. The quantitative estimate of drug-likeness (QED) is 0.507. The zero-order valence-corrected chi connectivity index (χ0v) is 7.79. The molecule has 1 aliphatic heterocycles. The predicted molar refractivity (Wildman–Crippen MR) is 41.6 cm³/mol. The third kappa shape index (κ3) is 1.08. The lowest BCUT2D eigenvalue weighted by molar-refractivity contribution is -0.131. The minimum Gasteiger partial charge on any atom is -0.374 e. The number of aliphatic hydroxyl groups is 1. The highest BCUT2D eigenvalue weighted by atomic mass is 28.2. The molecule has 1 saturated heterocycles. The molecule has 10 heavy (non-hydrogen) atoms. The summed E-state index contributed by atoms with van der Waals surface area (Å²) in [6.07, 6.45) is 0.155. The topological polar surface area (TPSA) is 40.5 Å². The van der Waals surface area contributed by atoms with Gasteiger partial charge >= 0.3 is 0 Å². The summed E-state index contributed by atoms with van der Waals surface area (Å²) >= 11 is 0. The van der Waals surface area contributed by atoms with E-state index in [0.29, 0.717) is 6.42 Å².